The maximum Gasteiger partial charge on any atom is 0.0549 e. The number of nitrogens with zero attached hydrogens (tertiary/aromatic N) is 1. The topological polar surface area (TPSA) is 50.9 Å². The molecule has 13 heavy (non-hydrogen) atoms. The Labute approximate surface area is 78.4 Å². The van der Waals surface area contributed by atoms with E-state index >= 15 is 0 Å². The lowest BCUT2D eigenvalue weighted by atomic mass is 9.97. The van der Waals surface area contributed by atoms with E-state index in [2.05, 4.69) is 10.3 Å². The first-order valence-corrected chi connectivity index (χ1v) is 4.80. The molecule has 0 bridgehead atoms. The summed E-state index contributed by atoms with van der Waals surface area (Å²) in [6.07, 6.45) is 7.29. The number of nitrogens with one attached hydrogen (secondary N) is 1. The second-order valence-electron chi connectivity index (χ2n) is 3.51. The summed E-state index contributed by atoms with van der Waals surface area (Å²) in [5.41, 5.74) is 7.86. The van der Waals surface area contributed by atoms with Gasteiger partial charge in [-0.15, -0.1) is 0 Å². The first-order chi connectivity index (χ1) is 6.38. The SMILES string of the molecule is Nc1cnccc1[C@H]1CCCCN1. The van der Waals surface area contributed by atoms with Gasteiger partial charge in [0.15, 0.2) is 0 Å². The fourth-order valence-corrected chi connectivity index (χ4v) is 1.85. The minimum Gasteiger partial charge on any atom is -0.397 e. The zero-order valence-electron chi connectivity index (χ0n) is 7.66. The third-order valence-corrected chi connectivity index (χ3v) is 2.57. The highest BCUT2D eigenvalue weighted by Crippen LogP contribution is 2.26. The minimum atomic E-state index is 0.441. The van der Waals surface area contributed by atoms with E-state index in [0.717, 1.165) is 12.2 Å². The number of aromatic nitrogens is 1. The van der Waals surface area contributed by atoms with Gasteiger partial charge in [0.1, 0.15) is 0 Å². The first kappa shape index (κ1) is 8.51. The summed E-state index contributed by atoms with van der Waals surface area (Å²) in [6.45, 7) is 1.10. The predicted octanol–water partition coefficient (Wildman–Crippen LogP) is 1.48. The van der Waals surface area contributed by atoms with Crippen LogP contribution in [0.4, 0.5) is 5.69 Å². The second kappa shape index (κ2) is 3.75. The van der Waals surface area contributed by atoms with Crippen molar-refractivity contribution in [2.24, 2.45) is 0 Å². The van der Waals surface area contributed by atoms with Crippen molar-refractivity contribution in [3.8, 4) is 0 Å². The standard InChI is InChI=1S/C10H15N3/c11-9-7-12-6-4-8(9)10-3-1-2-5-13-10/h4,6-7,10,13H,1-3,5,11H2/t10-/m1/s1. The molecule has 1 aliphatic rings. The van der Waals surface area contributed by atoms with Crippen LogP contribution in [-0.4, -0.2) is 11.5 Å². The molecule has 1 fully saturated rings. The molecule has 0 amide bonds. The third-order valence-electron chi connectivity index (χ3n) is 2.57. The molecule has 0 spiro atoms. The highest BCUT2D eigenvalue weighted by molar-refractivity contribution is 5.45. The van der Waals surface area contributed by atoms with Crippen LogP contribution in [0.2, 0.25) is 0 Å². The predicted molar refractivity (Wildman–Crippen MR) is 53.2 cm³/mol. The maximum atomic E-state index is 5.85. The Hall–Kier alpha value is -1.09. The number of piperidine rings is 1. The molecule has 0 aliphatic carbocycles. The number of hydrogen-bond donors (Lipinski definition) is 2. The molecular weight excluding hydrogens is 162 g/mol. The molecule has 2 heterocycles. The van der Waals surface area contributed by atoms with Crippen molar-refractivity contribution >= 4 is 5.69 Å². The zero-order valence-corrected chi connectivity index (χ0v) is 7.66. The molecule has 0 radical (unpaired) electrons. The number of anilines is 1. The first-order valence-electron chi connectivity index (χ1n) is 4.80. The van der Waals surface area contributed by atoms with Gasteiger partial charge in [-0.05, 0) is 31.0 Å². The van der Waals surface area contributed by atoms with Gasteiger partial charge in [0.05, 0.1) is 11.9 Å². The molecule has 3 heteroatoms. The van der Waals surface area contributed by atoms with Crippen LogP contribution in [0.15, 0.2) is 18.5 Å². The fourth-order valence-electron chi connectivity index (χ4n) is 1.85. The van der Waals surface area contributed by atoms with Crippen LogP contribution in [0, 0.1) is 0 Å². The van der Waals surface area contributed by atoms with E-state index in [1.807, 2.05) is 12.3 Å². The van der Waals surface area contributed by atoms with Gasteiger partial charge in [0, 0.05) is 12.2 Å². The van der Waals surface area contributed by atoms with E-state index in [9.17, 15) is 0 Å². The molecule has 1 aromatic heterocycles. The van der Waals surface area contributed by atoms with E-state index in [0.29, 0.717) is 6.04 Å². The van der Waals surface area contributed by atoms with Crippen molar-refractivity contribution in [3.63, 3.8) is 0 Å². The lowest BCUT2D eigenvalue weighted by molar-refractivity contribution is 0.413. The molecule has 2 rings (SSSR count). The average Bonchev–Trinajstić information content (AvgIpc) is 2.20. The molecule has 1 aliphatic heterocycles. The highest BCUT2D eigenvalue weighted by Gasteiger charge is 2.16. The Morgan fingerprint density at radius 2 is 2.38 bits per heavy atom. The highest BCUT2D eigenvalue weighted by atomic mass is 14.9. The van der Waals surface area contributed by atoms with Crippen LogP contribution in [-0.2, 0) is 0 Å². The lowest BCUT2D eigenvalue weighted by Crippen LogP contribution is -2.27. The maximum absolute atomic E-state index is 5.85. The molecule has 3 N–H and O–H groups in total. The van der Waals surface area contributed by atoms with Crippen LogP contribution in [0.5, 0.6) is 0 Å². The van der Waals surface area contributed by atoms with Gasteiger partial charge < -0.3 is 11.1 Å². The molecule has 0 saturated carbocycles. The van der Waals surface area contributed by atoms with Gasteiger partial charge in [-0.2, -0.15) is 0 Å². The lowest BCUT2D eigenvalue weighted by Gasteiger charge is -2.24. The van der Waals surface area contributed by atoms with E-state index in [1.165, 1.54) is 24.8 Å². The Morgan fingerprint density at radius 3 is 3.08 bits per heavy atom. The zero-order chi connectivity index (χ0) is 9.10. The molecule has 0 unspecified atom stereocenters. The summed E-state index contributed by atoms with van der Waals surface area (Å²) in [7, 11) is 0. The number of nitrogen functional groups attached to an aromatic ring is 1. The Kier molecular flexibility index (Phi) is 2.45. The largest absolute Gasteiger partial charge is 0.397 e. The van der Waals surface area contributed by atoms with Crippen LogP contribution in [0.3, 0.4) is 0 Å². The summed E-state index contributed by atoms with van der Waals surface area (Å²) in [4.78, 5) is 3.99. The summed E-state index contributed by atoms with van der Waals surface area (Å²) in [5.74, 6) is 0. The Balaban J connectivity index is 2.18. The van der Waals surface area contributed by atoms with Gasteiger partial charge in [-0.3, -0.25) is 4.98 Å². The van der Waals surface area contributed by atoms with Gasteiger partial charge in [0.25, 0.3) is 0 Å². The number of pyridine rings is 1. The molecular formula is C10H15N3. The molecule has 1 saturated heterocycles. The van der Waals surface area contributed by atoms with Gasteiger partial charge in [0.2, 0.25) is 0 Å². The number of hydrogen-bond acceptors (Lipinski definition) is 3. The van der Waals surface area contributed by atoms with Crippen molar-refractivity contribution in [2.75, 3.05) is 12.3 Å². The van der Waals surface area contributed by atoms with Crippen molar-refractivity contribution in [3.05, 3.63) is 24.0 Å². The number of nitrogens with two attached hydrogens (primary N) is 1. The summed E-state index contributed by atoms with van der Waals surface area (Å²) >= 11 is 0. The van der Waals surface area contributed by atoms with Crippen molar-refractivity contribution < 1.29 is 0 Å². The third kappa shape index (κ3) is 1.80. The normalized spacial score (nSPS) is 22.9. The number of rotatable bonds is 1. The monoisotopic (exact) mass is 177 g/mol. The van der Waals surface area contributed by atoms with E-state index < -0.39 is 0 Å². The molecule has 70 valence electrons. The van der Waals surface area contributed by atoms with E-state index in [1.54, 1.807) is 6.20 Å². The van der Waals surface area contributed by atoms with E-state index in [4.69, 9.17) is 5.73 Å². The molecule has 1 aromatic rings. The van der Waals surface area contributed by atoms with Crippen LogP contribution >= 0.6 is 0 Å². The Bertz CT molecular complexity index is 279. The molecule has 0 aromatic carbocycles. The second-order valence-corrected chi connectivity index (χ2v) is 3.51. The smallest absolute Gasteiger partial charge is 0.0549 e. The van der Waals surface area contributed by atoms with Crippen molar-refractivity contribution in [2.45, 2.75) is 25.3 Å². The summed E-state index contributed by atoms with van der Waals surface area (Å²) < 4.78 is 0. The van der Waals surface area contributed by atoms with E-state index in [-0.39, 0.29) is 0 Å². The Morgan fingerprint density at radius 1 is 1.46 bits per heavy atom. The minimum absolute atomic E-state index is 0.441. The van der Waals surface area contributed by atoms with Gasteiger partial charge >= 0.3 is 0 Å². The summed E-state index contributed by atoms with van der Waals surface area (Å²) in [6, 6.07) is 2.45. The average molecular weight is 177 g/mol. The van der Waals surface area contributed by atoms with Crippen molar-refractivity contribution in [1.82, 2.24) is 10.3 Å². The molecule has 1 atom stereocenters. The fraction of sp³-hybridized carbons (Fsp3) is 0.500. The van der Waals surface area contributed by atoms with Crippen LogP contribution in [0.25, 0.3) is 0 Å². The van der Waals surface area contributed by atoms with Gasteiger partial charge in [-0.25, -0.2) is 0 Å². The van der Waals surface area contributed by atoms with Crippen LogP contribution in [0.1, 0.15) is 30.9 Å². The summed E-state index contributed by atoms with van der Waals surface area (Å²) in [5, 5.41) is 3.47. The van der Waals surface area contributed by atoms with Crippen LogP contribution < -0.4 is 11.1 Å². The van der Waals surface area contributed by atoms with Crippen molar-refractivity contribution in [1.29, 1.82) is 0 Å². The quantitative estimate of drug-likeness (QED) is 0.683. The van der Waals surface area contributed by atoms with Gasteiger partial charge in [-0.1, -0.05) is 6.42 Å². The molecule has 3 nitrogen and oxygen atoms in total.